The van der Waals surface area contributed by atoms with Gasteiger partial charge in [0.25, 0.3) is 5.91 Å². The molecule has 0 spiro atoms. The van der Waals surface area contributed by atoms with Gasteiger partial charge in [0.2, 0.25) is 0 Å². The maximum atomic E-state index is 12.1. The van der Waals surface area contributed by atoms with Gasteiger partial charge in [-0.2, -0.15) is 0 Å². The van der Waals surface area contributed by atoms with E-state index in [1.165, 1.54) is 5.56 Å². The second-order valence-electron chi connectivity index (χ2n) is 5.85. The van der Waals surface area contributed by atoms with Crippen LogP contribution in [0.3, 0.4) is 0 Å². The van der Waals surface area contributed by atoms with Gasteiger partial charge in [-0.25, -0.2) is 0 Å². The number of carbonyl (C=O) groups is 1. The molecule has 122 valence electrons. The lowest BCUT2D eigenvalue weighted by Gasteiger charge is -2.17. The smallest absolute Gasteiger partial charge is 0.258 e. The fourth-order valence-electron chi connectivity index (χ4n) is 2.44. The Balaban J connectivity index is 1.93. The van der Waals surface area contributed by atoms with Crippen LogP contribution in [0.4, 0.5) is 0 Å². The van der Waals surface area contributed by atoms with Crippen molar-refractivity contribution in [2.45, 2.75) is 33.7 Å². The summed E-state index contributed by atoms with van der Waals surface area (Å²) in [6.45, 7) is 7.95. The van der Waals surface area contributed by atoms with Gasteiger partial charge < -0.3 is 10.1 Å². The number of halogens is 1. The Hall–Kier alpha value is -2.00. The molecule has 0 aromatic heterocycles. The van der Waals surface area contributed by atoms with E-state index in [2.05, 4.69) is 23.5 Å². The lowest BCUT2D eigenvalue weighted by Crippen LogP contribution is -2.31. The van der Waals surface area contributed by atoms with Gasteiger partial charge in [-0.1, -0.05) is 35.4 Å². The molecule has 0 bridgehead atoms. The van der Waals surface area contributed by atoms with Crippen LogP contribution < -0.4 is 10.1 Å². The minimum absolute atomic E-state index is 0.0176. The molecule has 23 heavy (non-hydrogen) atoms. The van der Waals surface area contributed by atoms with Crippen LogP contribution in [-0.4, -0.2) is 12.5 Å². The number of amides is 1. The molecular formula is C19H22ClNO2. The van der Waals surface area contributed by atoms with Crippen LogP contribution in [-0.2, 0) is 4.79 Å². The Bertz CT molecular complexity index is 713. The third-order valence-electron chi connectivity index (χ3n) is 3.78. The highest BCUT2D eigenvalue weighted by atomic mass is 35.5. The highest BCUT2D eigenvalue weighted by Gasteiger charge is 2.12. The summed E-state index contributed by atoms with van der Waals surface area (Å²) in [5.41, 5.74) is 4.39. The average molecular weight is 332 g/mol. The number of hydrogen-bond acceptors (Lipinski definition) is 2. The van der Waals surface area contributed by atoms with Crippen molar-refractivity contribution in [2.24, 2.45) is 0 Å². The standard InChI is InChI=1S/C19H22ClNO2/c1-12-5-6-13(2)17(9-12)15(4)21-19(22)11-23-16-7-8-18(20)14(3)10-16/h5-10,15H,11H2,1-4H3,(H,21,22). The highest BCUT2D eigenvalue weighted by Crippen LogP contribution is 2.21. The first-order valence-electron chi connectivity index (χ1n) is 7.62. The molecule has 0 radical (unpaired) electrons. The molecule has 1 atom stereocenters. The van der Waals surface area contributed by atoms with Crippen molar-refractivity contribution in [3.8, 4) is 5.75 Å². The summed E-state index contributed by atoms with van der Waals surface area (Å²) in [5, 5.41) is 3.66. The van der Waals surface area contributed by atoms with Crippen LogP contribution in [0, 0.1) is 20.8 Å². The molecule has 0 saturated heterocycles. The number of aryl methyl sites for hydroxylation is 3. The van der Waals surface area contributed by atoms with Crippen LogP contribution in [0.2, 0.25) is 5.02 Å². The van der Waals surface area contributed by atoms with Gasteiger partial charge in [0.05, 0.1) is 6.04 Å². The third-order valence-corrected chi connectivity index (χ3v) is 4.20. The summed E-state index contributed by atoms with van der Waals surface area (Å²) >= 11 is 5.97. The Morgan fingerprint density at radius 3 is 2.57 bits per heavy atom. The van der Waals surface area contributed by atoms with Gasteiger partial charge >= 0.3 is 0 Å². The number of carbonyl (C=O) groups excluding carboxylic acids is 1. The van der Waals surface area contributed by atoms with E-state index in [1.54, 1.807) is 12.1 Å². The van der Waals surface area contributed by atoms with E-state index in [0.717, 1.165) is 16.7 Å². The molecule has 2 rings (SSSR count). The molecule has 0 aliphatic carbocycles. The van der Waals surface area contributed by atoms with Gasteiger partial charge in [-0.15, -0.1) is 0 Å². The first kappa shape index (κ1) is 17.4. The van der Waals surface area contributed by atoms with E-state index in [4.69, 9.17) is 16.3 Å². The lowest BCUT2D eigenvalue weighted by molar-refractivity contribution is -0.123. The molecule has 2 aromatic rings. The van der Waals surface area contributed by atoms with E-state index in [9.17, 15) is 4.79 Å². The summed E-state index contributed by atoms with van der Waals surface area (Å²) in [6, 6.07) is 11.5. The van der Waals surface area contributed by atoms with Crippen molar-refractivity contribution in [3.05, 3.63) is 63.7 Å². The zero-order chi connectivity index (χ0) is 17.0. The van der Waals surface area contributed by atoms with Crippen LogP contribution in [0.15, 0.2) is 36.4 Å². The van der Waals surface area contributed by atoms with Crippen molar-refractivity contribution in [3.63, 3.8) is 0 Å². The van der Waals surface area contributed by atoms with Gasteiger partial charge in [-0.3, -0.25) is 4.79 Å². The van der Waals surface area contributed by atoms with Crippen molar-refractivity contribution in [1.82, 2.24) is 5.32 Å². The molecule has 1 N–H and O–H groups in total. The second-order valence-corrected chi connectivity index (χ2v) is 6.26. The van der Waals surface area contributed by atoms with Crippen LogP contribution in [0.1, 0.15) is 35.2 Å². The molecule has 0 saturated carbocycles. The Labute approximate surface area is 142 Å². The summed E-state index contributed by atoms with van der Waals surface area (Å²) in [4.78, 5) is 12.1. The fraction of sp³-hybridized carbons (Fsp3) is 0.316. The maximum Gasteiger partial charge on any atom is 0.258 e. The lowest BCUT2D eigenvalue weighted by atomic mass is 10.00. The minimum atomic E-state index is -0.147. The Morgan fingerprint density at radius 2 is 1.87 bits per heavy atom. The molecule has 0 heterocycles. The van der Waals surface area contributed by atoms with Crippen LogP contribution in [0.5, 0.6) is 5.75 Å². The number of benzene rings is 2. The summed E-state index contributed by atoms with van der Waals surface area (Å²) in [5.74, 6) is 0.493. The monoisotopic (exact) mass is 331 g/mol. The number of ether oxygens (including phenoxy) is 1. The zero-order valence-corrected chi connectivity index (χ0v) is 14.7. The molecule has 0 aliphatic rings. The molecule has 1 unspecified atom stereocenters. The topological polar surface area (TPSA) is 38.3 Å². The van der Waals surface area contributed by atoms with Crippen LogP contribution in [0.25, 0.3) is 0 Å². The molecule has 0 fully saturated rings. The van der Waals surface area contributed by atoms with E-state index in [-0.39, 0.29) is 18.6 Å². The first-order chi connectivity index (χ1) is 10.9. The van der Waals surface area contributed by atoms with Crippen molar-refractivity contribution >= 4 is 17.5 Å². The molecule has 0 aliphatic heterocycles. The van der Waals surface area contributed by atoms with Gasteiger partial charge in [0.1, 0.15) is 5.75 Å². The van der Waals surface area contributed by atoms with Crippen molar-refractivity contribution in [2.75, 3.05) is 6.61 Å². The number of rotatable bonds is 5. The quantitative estimate of drug-likeness (QED) is 0.874. The van der Waals surface area contributed by atoms with E-state index >= 15 is 0 Å². The normalized spacial score (nSPS) is 11.9. The summed E-state index contributed by atoms with van der Waals surface area (Å²) in [7, 11) is 0. The Morgan fingerprint density at radius 1 is 1.13 bits per heavy atom. The highest BCUT2D eigenvalue weighted by molar-refractivity contribution is 6.31. The Kier molecular flexibility index (Phi) is 5.67. The predicted octanol–water partition coefficient (Wildman–Crippen LogP) is 4.52. The van der Waals surface area contributed by atoms with E-state index < -0.39 is 0 Å². The molecule has 4 heteroatoms. The molecule has 3 nitrogen and oxygen atoms in total. The number of hydrogen-bond donors (Lipinski definition) is 1. The van der Waals surface area contributed by atoms with Crippen LogP contribution >= 0.6 is 11.6 Å². The van der Waals surface area contributed by atoms with E-state index in [1.807, 2.05) is 33.8 Å². The third kappa shape index (κ3) is 4.73. The minimum Gasteiger partial charge on any atom is -0.484 e. The number of nitrogens with one attached hydrogen (secondary N) is 1. The fourth-order valence-corrected chi connectivity index (χ4v) is 2.56. The van der Waals surface area contributed by atoms with Gasteiger partial charge in [-0.05, 0) is 62.6 Å². The first-order valence-corrected chi connectivity index (χ1v) is 8.00. The SMILES string of the molecule is Cc1ccc(C)c(C(C)NC(=O)COc2ccc(Cl)c(C)c2)c1. The maximum absolute atomic E-state index is 12.1. The predicted molar refractivity (Wildman–Crippen MR) is 94.2 cm³/mol. The van der Waals surface area contributed by atoms with Crippen molar-refractivity contribution < 1.29 is 9.53 Å². The molecule has 1 amide bonds. The van der Waals surface area contributed by atoms with Crippen molar-refractivity contribution in [1.29, 1.82) is 0 Å². The van der Waals surface area contributed by atoms with Gasteiger partial charge in [0, 0.05) is 5.02 Å². The second kappa shape index (κ2) is 7.51. The zero-order valence-electron chi connectivity index (χ0n) is 13.9. The summed E-state index contributed by atoms with van der Waals surface area (Å²) < 4.78 is 5.52. The molecule has 2 aromatic carbocycles. The van der Waals surface area contributed by atoms with Gasteiger partial charge in [0.15, 0.2) is 6.61 Å². The van der Waals surface area contributed by atoms with E-state index in [0.29, 0.717) is 10.8 Å². The average Bonchev–Trinajstić information content (AvgIpc) is 2.50. The molecular weight excluding hydrogens is 310 g/mol. The largest absolute Gasteiger partial charge is 0.484 e. The summed E-state index contributed by atoms with van der Waals surface area (Å²) in [6.07, 6.45) is 0.